The van der Waals surface area contributed by atoms with Gasteiger partial charge in [-0.15, -0.1) is 11.3 Å². The Morgan fingerprint density at radius 3 is 2.13 bits per heavy atom. The molecule has 6 rings (SSSR count). The van der Waals surface area contributed by atoms with E-state index in [0.717, 1.165) is 36.9 Å². The third kappa shape index (κ3) is 4.54. The van der Waals surface area contributed by atoms with E-state index in [-0.39, 0.29) is 27.8 Å². The molecule has 0 aliphatic rings. The van der Waals surface area contributed by atoms with E-state index in [0.29, 0.717) is 5.69 Å². The number of hydrogen-bond donors (Lipinski definition) is 0. The fraction of sp³-hybridized carbons (Fsp3) is 0.194. The number of aromatic nitrogens is 1. The summed E-state index contributed by atoms with van der Waals surface area (Å²) >= 11 is 1.65. The molecular weight excluding hydrogens is 478 g/mol. The van der Waals surface area contributed by atoms with Gasteiger partial charge < -0.3 is 0 Å². The average Bonchev–Trinajstić information content (AvgIpc) is 3.38. The number of aryl methyl sites for hydroxylation is 2. The van der Waals surface area contributed by atoms with Crippen molar-refractivity contribution in [2.75, 3.05) is 0 Å². The summed E-state index contributed by atoms with van der Waals surface area (Å²) in [4.78, 5) is 4.63. The molecule has 38 heavy (non-hydrogen) atoms. The van der Waals surface area contributed by atoms with Crippen molar-refractivity contribution < 1.29 is 11.0 Å². The predicted octanol–water partition coefficient (Wildman–Crippen LogP) is 10.7. The Labute approximate surface area is 241 Å². The summed E-state index contributed by atoms with van der Waals surface area (Å²) in [5, 5.41) is 2.16. The van der Waals surface area contributed by atoms with Crippen molar-refractivity contribution in [1.29, 1.82) is 0 Å². The lowest BCUT2D eigenvalue weighted by Gasteiger charge is -2.19. The minimum absolute atomic E-state index is 0.0665. The van der Waals surface area contributed by atoms with E-state index in [2.05, 4.69) is 35.3 Å². The Bertz CT molecular complexity index is 2080. The Morgan fingerprint density at radius 2 is 1.42 bits per heavy atom. The van der Waals surface area contributed by atoms with Crippen LogP contribution in [-0.2, 0) is 6.37 Å². The van der Waals surface area contributed by atoms with E-state index in [1.165, 1.54) is 12.3 Å². The zero-order chi connectivity index (χ0) is 33.2. The minimum atomic E-state index is -2.63. The van der Waals surface area contributed by atoms with Crippen LogP contribution in [0.4, 0.5) is 0 Å². The van der Waals surface area contributed by atoms with E-state index in [4.69, 9.17) is 11.0 Å². The first-order valence-electron chi connectivity index (χ1n) is 16.6. The lowest BCUT2D eigenvalue weighted by atomic mass is 9.86. The molecule has 1 nitrogen and oxygen atoms in total. The molecule has 0 aliphatic heterocycles. The molecule has 0 bridgehead atoms. The standard InChI is InChI=1S/C36H33NS/c1-23-19-25(21-36(3,4)5)17-18-27(23)32-20-33(37-22-24(32)2)31-16-10-15-30-29-14-9-13-28(34(29)38-35(30)31)26-11-7-6-8-12-26/h6-20,22H,21H2,1-5H3/i1D3,2D3,21D2. The van der Waals surface area contributed by atoms with E-state index in [1.807, 2.05) is 36.4 Å². The zero-order valence-electron chi connectivity index (χ0n) is 29.6. The van der Waals surface area contributed by atoms with Gasteiger partial charge in [0.05, 0.1) is 5.69 Å². The Balaban J connectivity index is 1.60. The summed E-state index contributed by atoms with van der Waals surface area (Å²) in [6, 6.07) is 28.6. The molecule has 6 aromatic rings. The van der Waals surface area contributed by atoms with Gasteiger partial charge in [-0.3, -0.25) is 4.98 Å². The monoisotopic (exact) mass is 519 g/mol. The third-order valence-corrected chi connectivity index (χ3v) is 7.91. The van der Waals surface area contributed by atoms with Gasteiger partial charge in [-0.25, -0.2) is 0 Å². The van der Waals surface area contributed by atoms with Crippen molar-refractivity contribution in [3.63, 3.8) is 0 Å². The molecule has 2 heterocycles. The van der Waals surface area contributed by atoms with Crippen LogP contribution in [0.3, 0.4) is 0 Å². The van der Waals surface area contributed by atoms with E-state index in [9.17, 15) is 0 Å². The fourth-order valence-corrected chi connectivity index (χ4v) is 6.34. The number of fused-ring (bicyclic) bond motifs is 3. The molecule has 4 aromatic carbocycles. The van der Waals surface area contributed by atoms with E-state index >= 15 is 0 Å². The highest BCUT2D eigenvalue weighted by Crippen LogP contribution is 2.44. The van der Waals surface area contributed by atoms with E-state index in [1.54, 1.807) is 50.3 Å². The number of pyridine rings is 1. The van der Waals surface area contributed by atoms with Gasteiger partial charge in [-0.05, 0) is 70.5 Å². The molecule has 0 aliphatic carbocycles. The highest BCUT2D eigenvalue weighted by molar-refractivity contribution is 7.26. The van der Waals surface area contributed by atoms with Crippen molar-refractivity contribution in [1.82, 2.24) is 4.98 Å². The van der Waals surface area contributed by atoms with Crippen molar-refractivity contribution in [3.05, 3.63) is 114 Å². The third-order valence-electron chi connectivity index (χ3n) is 6.62. The molecule has 0 radical (unpaired) electrons. The first-order chi connectivity index (χ1) is 21.5. The van der Waals surface area contributed by atoms with Gasteiger partial charge in [0.15, 0.2) is 0 Å². The quantitative estimate of drug-likeness (QED) is 0.226. The van der Waals surface area contributed by atoms with Crippen molar-refractivity contribution in [2.45, 2.75) is 40.8 Å². The average molecular weight is 520 g/mol. The van der Waals surface area contributed by atoms with E-state index < -0.39 is 25.5 Å². The molecular formula is C36H33NS. The van der Waals surface area contributed by atoms with Crippen molar-refractivity contribution >= 4 is 31.5 Å². The summed E-state index contributed by atoms with van der Waals surface area (Å²) in [7, 11) is 0. The Kier molecular flexibility index (Phi) is 4.25. The maximum absolute atomic E-state index is 8.76. The van der Waals surface area contributed by atoms with Crippen LogP contribution in [-0.4, -0.2) is 4.98 Å². The maximum Gasteiger partial charge on any atom is 0.0722 e. The summed E-state index contributed by atoms with van der Waals surface area (Å²) < 4.78 is 69.7. The lowest BCUT2D eigenvalue weighted by molar-refractivity contribution is 0.411. The van der Waals surface area contributed by atoms with Crippen LogP contribution >= 0.6 is 11.3 Å². The molecule has 2 aromatic heterocycles. The number of hydrogen-bond acceptors (Lipinski definition) is 2. The summed E-state index contributed by atoms with van der Waals surface area (Å²) in [6.07, 6.45) is -0.512. The van der Waals surface area contributed by atoms with Crippen LogP contribution < -0.4 is 0 Å². The van der Waals surface area contributed by atoms with Crippen molar-refractivity contribution in [2.24, 2.45) is 5.41 Å². The first-order valence-corrected chi connectivity index (χ1v) is 13.5. The second kappa shape index (κ2) is 9.53. The SMILES string of the molecule is [2H]C([2H])([2H])c1cnc(-c2cccc3c2sc2c(-c4ccccc4)cccc23)cc1-c1ccc(C([2H])([2H])C(C)(C)C)cc1C([2H])([2H])[2H]. The van der Waals surface area contributed by atoms with Crippen molar-refractivity contribution in [3.8, 4) is 33.5 Å². The normalized spacial score (nSPS) is 16.1. The van der Waals surface area contributed by atoms with Crippen LogP contribution in [0.2, 0.25) is 0 Å². The highest BCUT2D eigenvalue weighted by atomic mass is 32.1. The highest BCUT2D eigenvalue weighted by Gasteiger charge is 2.17. The molecule has 0 fully saturated rings. The van der Waals surface area contributed by atoms with Gasteiger partial charge >= 0.3 is 0 Å². The molecule has 0 amide bonds. The number of benzene rings is 4. The van der Waals surface area contributed by atoms with Crippen LogP contribution in [0.25, 0.3) is 53.7 Å². The lowest BCUT2D eigenvalue weighted by Crippen LogP contribution is -2.09. The van der Waals surface area contributed by atoms with Crippen LogP contribution in [0.15, 0.2) is 97.2 Å². The molecule has 0 saturated heterocycles. The second-order valence-corrected chi connectivity index (χ2v) is 11.6. The Morgan fingerprint density at radius 1 is 0.711 bits per heavy atom. The summed E-state index contributed by atoms with van der Waals surface area (Å²) in [5.74, 6) is 0. The molecule has 188 valence electrons. The second-order valence-electron chi connectivity index (χ2n) is 10.6. The topological polar surface area (TPSA) is 12.9 Å². The largest absolute Gasteiger partial charge is 0.256 e. The molecule has 2 heteroatoms. The van der Waals surface area contributed by atoms with Gasteiger partial charge in [-0.2, -0.15) is 0 Å². The van der Waals surface area contributed by atoms with Crippen LogP contribution in [0, 0.1) is 19.1 Å². The van der Waals surface area contributed by atoms with Gasteiger partial charge in [0.2, 0.25) is 0 Å². The summed E-state index contributed by atoms with van der Waals surface area (Å²) in [5.41, 5.74) is 3.27. The zero-order valence-corrected chi connectivity index (χ0v) is 22.4. The molecule has 0 unspecified atom stereocenters. The Hall–Kier alpha value is -3.75. The number of thiophene rings is 1. The smallest absolute Gasteiger partial charge is 0.0722 e. The van der Waals surface area contributed by atoms with Crippen LogP contribution in [0.1, 0.15) is 48.4 Å². The molecule has 0 N–H and O–H groups in total. The molecule has 0 spiro atoms. The van der Waals surface area contributed by atoms with Gasteiger partial charge in [0, 0.05) is 42.9 Å². The maximum atomic E-state index is 8.76. The number of nitrogens with zero attached hydrogens (tertiary/aromatic N) is 1. The van der Waals surface area contributed by atoms with Gasteiger partial charge in [0.1, 0.15) is 0 Å². The van der Waals surface area contributed by atoms with Gasteiger partial charge in [0.25, 0.3) is 0 Å². The molecule has 0 atom stereocenters. The van der Waals surface area contributed by atoms with Crippen LogP contribution in [0.5, 0.6) is 0 Å². The number of rotatable bonds is 4. The molecule has 0 saturated carbocycles. The fourth-order valence-electron chi connectivity index (χ4n) is 4.98. The first kappa shape index (κ1) is 17.0. The predicted molar refractivity (Wildman–Crippen MR) is 166 cm³/mol. The van der Waals surface area contributed by atoms with Gasteiger partial charge in [-0.1, -0.05) is 106 Å². The summed E-state index contributed by atoms with van der Waals surface area (Å²) in [6.45, 7) is 0.0769. The minimum Gasteiger partial charge on any atom is -0.256 e.